The van der Waals surface area contributed by atoms with E-state index in [-0.39, 0.29) is 12.0 Å². The van der Waals surface area contributed by atoms with E-state index in [1.807, 2.05) is 72.8 Å². The maximum Gasteiger partial charge on any atom is 0.405 e. The molecule has 0 unspecified atom stereocenters. The van der Waals surface area contributed by atoms with Crippen LogP contribution in [0.15, 0.2) is 89.8 Å². The standard InChI is InChI=1S/C35H41N5O6/c1-22-27(21-46-40-22)32(42)38-29(19-23-10-6-5-7-11-23)30(41)20-26(37-33(43)31(35(2,3)4)39-34(44)45)18-24-13-15-25(16-14-24)28-12-8-9-17-36-28/h5-17,21,26,29-31,39,41H,18-20H2,1-4H3,(H,37,43)(H,38,42)(H,44,45)/t26-,29-,30-,31+/m0/s1. The molecule has 0 aliphatic carbocycles. The number of hydrogen-bond donors (Lipinski definition) is 5. The first-order valence-corrected chi connectivity index (χ1v) is 15.1. The number of aromatic nitrogens is 2. The topological polar surface area (TPSA) is 167 Å². The van der Waals surface area contributed by atoms with Crippen LogP contribution in [0.1, 0.15) is 54.4 Å². The van der Waals surface area contributed by atoms with Crippen LogP contribution in [0.4, 0.5) is 4.79 Å². The van der Waals surface area contributed by atoms with Gasteiger partial charge in [0.1, 0.15) is 17.9 Å². The van der Waals surface area contributed by atoms with Gasteiger partial charge in [0, 0.05) is 17.8 Å². The first kappa shape index (κ1) is 33.9. The second kappa shape index (κ2) is 15.3. The minimum Gasteiger partial charge on any atom is -0.465 e. The molecule has 0 bridgehead atoms. The van der Waals surface area contributed by atoms with Gasteiger partial charge >= 0.3 is 6.09 Å². The SMILES string of the molecule is Cc1nocc1C(=O)N[C@@H](Cc1ccccc1)[C@@H](O)C[C@H](Cc1ccc(-c2ccccn2)cc1)NC(=O)[C@@H](NC(=O)O)C(C)(C)C. The zero-order valence-corrected chi connectivity index (χ0v) is 26.4. The Labute approximate surface area is 268 Å². The molecule has 0 spiro atoms. The molecule has 2 heterocycles. The monoisotopic (exact) mass is 627 g/mol. The summed E-state index contributed by atoms with van der Waals surface area (Å²) in [5, 5.41) is 33.1. The number of aliphatic hydroxyl groups is 1. The van der Waals surface area contributed by atoms with Gasteiger partial charge in [0.05, 0.1) is 23.5 Å². The Hall–Kier alpha value is -5.03. The van der Waals surface area contributed by atoms with Crippen molar-refractivity contribution >= 4 is 17.9 Å². The number of carboxylic acid groups (broad SMARTS) is 1. The minimum absolute atomic E-state index is 0.0675. The molecule has 0 saturated carbocycles. The van der Waals surface area contributed by atoms with E-state index in [0.29, 0.717) is 18.5 Å². The number of nitrogens with zero attached hydrogens (tertiary/aromatic N) is 2. The van der Waals surface area contributed by atoms with E-state index in [2.05, 4.69) is 26.1 Å². The third-order valence-corrected chi connectivity index (χ3v) is 7.74. The number of carbonyl (C=O) groups excluding carboxylic acids is 2. The maximum atomic E-state index is 13.6. The normalized spacial score (nSPS) is 14.0. The molecule has 11 heteroatoms. The van der Waals surface area contributed by atoms with Crippen molar-refractivity contribution in [1.82, 2.24) is 26.1 Å². The molecule has 0 fully saturated rings. The highest BCUT2D eigenvalue weighted by Gasteiger charge is 2.35. The van der Waals surface area contributed by atoms with Crippen molar-refractivity contribution in [3.8, 4) is 11.3 Å². The highest BCUT2D eigenvalue weighted by Crippen LogP contribution is 2.22. The second-order valence-corrected chi connectivity index (χ2v) is 12.5. The Balaban J connectivity index is 1.60. The zero-order chi connectivity index (χ0) is 33.3. The second-order valence-electron chi connectivity index (χ2n) is 12.5. The van der Waals surface area contributed by atoms with Crippen LogP contribution in [0.2, 0.25) is 0 Å². The summed E-state index contributed by atoms with van der Waals surface area (Å²) in [5.74, 6) is -0.955. The number of carbonyl (C=O) groups is 3. The smallest absolute Gasteiger partial charge is 0.405 e. The third-order valence-electron chi connectivity index (χ3n) is 7.74. The fraction of sp³-hybridized carbons (Fsp3) is 0.343. The fourth-order valence-electron chi connectivity index (χ4n) is 5.27. The highest BCUT2D eigenvalue weighted by atomic mass is 16.5. The van der Waals surface area contributed by atoms with Gasteiger partial charge in [-0.05, 0) is 54.9 Å². The average Bonchev–Trinajstić information content (AvgIpc) is 3.46. The van der Waals surface area contributed by atoms with Crippen molar-refractivity contribution in [3.05, 3.63) is 108 Å². The van der Waals surface area contributed by atoms with E-state index < -0.39 is 47.6 Å². The summed E-state index contributed by atoms with van der Waals surface area (Å²) in [7, 11) is 0. The van der Waals surface area contributed by atoms with Crippen molar-refractivity contribution in [1.29, 1.82) is 0 Å². The van der Waals surface area contributed by atoms with Crippen LogP contribution in [-0.2, 0) is 17.6 Å². The summed E-state index contributed by atoms with van der Waals surface area (Å²) >= 11 is 0. The Morgan fingerprint density at radius 1 is 0.870 bits per heavy atom. The van der Waals surface area contributed by atoms with E-state index in [0.717, 1.165) is 22.4 Å². The lowest BCUT2D eigenvalue weighted by molar-refractivity contribution is -0.126. The minimum atomic E-state index is -1.31. The number of rotatable bonds is 13. The molecule has 5 N–H and O–H groups in total. The summed E-state index contributed by atoms with van der Waals surface area (Å²) < 4.78 is 4.94. The van der Waals surface area contributed by atoms with Gasteiger partial charge in [-0.3, -0.25) is 14.6 Å². The van der Waals surface area contributed by atoms with Crippen molar-refractivity contribution in [2.75, 3.05) is 0 Å². The molecule has 4 aromatic rings. The van der Waals surface area contributed by atoms with Gasteiger partial charge in [-0.2, -0.15) is 0 Å². The van der Waals surface area contributed by atoms with E-state index in [1.54, 1.807) is 33.9 Å². The Morgan fingerprint density at radius 3 is 2.13 bits per heavy atom. The zero-order valence-electron chi connectivity index (χ0n) is 26.4. The molecule has 3 amide bonds. The van der Waals surface area contributed by atoms with Gasteiger partial charge in [-0.1, -0.05) is 86.6 Å². The molecule has 2 aromatic heterocycles. The molecule has 4 atom stereocenters. The van der Waals surface area contributed by atoms with Gasteiger partial charge in [0.25, 0.3) is 5.91 Å². The van der Waals surface area contributed by atoms with Gasteiger partial charge < -0.3 is 30.7 Å². The number of amides is 3. The van der Waals surface area contributed by atoms with Gasteiger partial charge in [0.15, 0.2) is 0 Å². The predicted octanol–water partition coefficient (Wildman–Crippen LogP) is 4.55. The molecule has 0 aliphatic rings. The molecule has 242 valence electrons. The lowest BCUT2D eigenvalue weighted by Crippen LogP contribution is -2.56. The lowest BCUT2D eigenvalue weighted by Gasteiger charge is -2.33. The first-order valence-electron chi connectivity index (χ1n) is 15.1. The first-order chi connectivity index (χ1) is 21.9. The largest absolute Gasteiger partial charge is 0.465 e. The highest BCUT2D eigenvalue weighted by molar-refractivity contribution is 5.95. The number of aliphatic hydroxyl groups excluding tert-OH is 1. The van der Waals surface area contributed by atoms with Crippen LogP contribution < -0.4 is 16.0 Å². The summed E-state index contributed by atoms with van der Waals surface area (Å²) in [6, 6.07) is 20.5. The molecule has 4 rings (SSSR count). The number of hydrogen-bond acceptors (Lipinski definition) is 7. The third kappa shape index (κ3) is 9.48. The summed E-state index contributed by atoms with van der Waals surface area (Å²) in [5.41, 5.74) is 3.50. The molecule has 2 aromatic carbocycles. The van der Waals surface area contributed by atoms with E-state index in [4.69, 9.17) is 4.52 Å². The van der Waals surface area contributed by atoms with E-state index in [1.165, 1.54) is 6.26 Å². The Morgan fingerprint density at radius 2 is 1.54 bits per heavy atom. The van der Waals surface area contributed by atoms with Crippen LogP contribution in [0.5, 0.6) is 0 Å². The van der Waals surface area contributed by atoms with Gasteiger partial charge in [-0.25, -0.2) is 4.79 Å². The molecule has 0 saturated heterocycles. The van der Waals surface area contributed by atoms with Gasteiger partial charge in [0.2, 0.25) is 5.91 Å². The fourth-order valence-corrected chi connectivity index (χ4v) is 5.27. The average molecular weight is 628 g/mol. The lowest BCUT2D eigenvalue weighted by atomic mass is 9.85. The molecular formula is C35H41N5O6. The summed E-state index contributed by atoms with van der Waals surface area (Å²) in [6.45, 7) is 6.96. The number of benzene rings is 2. The summed E-state index contributed by atoms with van der Waals surface area (Å²) in [4.78, 5) is 42.7. The maximum absolute atomic E-state index is 13.6. The van der Waals surface area contributed by atoms with Gasteiger partial charge in [-0.15, -0.1) is 0 Å². The van der Waals surface area contributed by atoms with Crippen LogP contribution in [0, 0.1) is 12.3 Å². The van der Waals surface area contributed by atoms with E-state index >= 15 is 0 Å². The molecule has 11 nitrogen and oxygen atoms in total. The Kier molecular flexibility index (Phi) is 11.3. The van der Waals surface area contributed by atoms with Crippen molar-refractivity contribution in [2.24, 2.45) is 5.41 Å². The molecule has 0 aliphatic heterocycles. The number of nitrogens with one attached hydrogen (secondary N) is 3. The van der Waals surface area contributed by atoms with Crippen molar-refractivity contribution in [2.45, 2.75) is 71.2 Å². The summed E-state index contributed by atoms with van der Waals surface area (Å²) in [6.07, 6.45) is 1.31. The van der Waals surface area contributed by atoms with Crippen LogP contribution in [0.3, 0.4) is 0 Å². The molecule has 0 radical (unpaired) electrons. The Bertz CT molecular complexity index is 1590. The van der Waals surface area contributed by atoms with Crippen molar-refractivity contribution in [3.63, 3.8) is 0 Å². The number of aryl methyl sites for hydroxylation is 1. The predicted molar refractivity (Wildman–Crippen MR) is 173 cm³/mol. The van der Waals surface area contributed by atoms with Crippen LogP contribution in [0.25, 0.3) is 11.3 Å². The van der Waals surface area contributed by atoms with E-state index in [9.17, 15) is 24.6 Å². The molecular weight excluding hydrogens is 586 g/mol. The van der Waals surface area contributed by atoms with Crippen LogP contribution in [-0.4, -0.2) is 62.5 Å². The quantitative estimate of drug-likeness (QED) is 0.144. The number of pyridine rings is 1. The van der Waals surface area contributed by atoms with Crippen LogP contribution >= 0.6 is 0 Å². The molecule has 46 heavy (non-hydrogen) atoms. The van der Waals surface area contributed by atoms with Crippen molar-refractivity contribution < 1.29 is 29.1 Å².